The first-order chi connectivity index (χ1) is 21.0. The minimum absolute atomic E-state index is 0.0500. The van der Waals surface area contributed by atoms with Gasteiger partial charge in [-0.25, -0.2) is 9.99 Å². The molecular weight excluding hydrogens is 585 g/mol. The van der Waals surface area contributed by atoms with E-state index >= 15 is 0 Å². The fourth-order valence-electron chi connectivity index (χ4n) is 5.20. The maximum atomic E-state index is 13.9. The van der Waals surface area contributed by atoms with Crippen molar-refractivity contribution in [2.24, 2.45) is 5.10 Å². The fraction of sp³-hybridized carbons (Fsp3) is 0.250. The molecule has 0 saturated carbocycles. The molecule has 3 heterocycles. The van der Waals surface area contributed by atoms with Gasteiger partial charge < -0.3 is 14.2 Å². The van der Waals surface area contributed by atoms with Gasteiger partial charge in [0, 0.05) is 18.6 Å². The fourth-order valence-corrected chi connectivity index (χ4v) is 7.11. The second-order valence-electron chi connectivity index (χ2n) is 9.88. The van der Waals surface area contributed by atoms with Crippen molar-refractivity contribution < 1.29 is 19.0 Å². The molecule has 1 aromatic heterocycles. The summed E-state index contributed by atoms with van der Waals surface area (Å²) in [6.45, 7) is 0. The number of carbonyl (C=O) groups excluding carboxylic acids is 1. The van der Waals surface area contributed by atoms with Crippen molar-refractivity contribution in [2.75, 3.05) is 32.8 Å². The van der Waals surface area contributed by atoms with Crippen LogP contribution in [0.15, 0.2) is 92.7 Å². The van der Waals surface area contributed by atoms with E-state index in [2.05, 4.69) is 0 Å². The lowest BCUT2D eigenvalue weighted by Gasteiger charge is -2.23. The van der Waals surface area contributed by atoms with Crippen molar-refractivity contribution in [3.8, 4) is 22.9 Å². The summed E-state index contributed by atoms with van der Waals surface area (Å²) >= 11 is 2.79. The molecule has 2 aliphatic rings. The largest absolute Gasteiger partial charge is 0.497 e. The molecule has 0 N–H and O–H groups in total. The van der Waals surface area contributed by atoms with Gasteiger partial charge in [-0.05, 0) is 59.7 Å². The summed E-state index contributed by atoms with van der Waals surface area (Å²) in [5, 5.41) is 6.86. The molecule has 4 aromatic rings. The van der Waals surface area contributed by atoms with Crippen LogP contribution in [-0.4, -0.2) is 59.0 Å². The van der Waals surface area contributed by atoms with Gasteiger partial charge >= 0.3 is 0 Å². The van der Waals surface area contributed by atoms with E-state index in [4.69, 9.17) is 24.3 Å². The minimum Gasteiger partial charge on any atom is -0.497 e. The molecule has 220 valence electrons. The lowest BCUT2D eigenvalue weighted by molar-refractivity contribution is -0.130. The number of amides is 1. The Balaban J connectivity index is 1.33. The first-order valence-electron chi connectivity index (χ1n) is 13.7. The number of methoxy groups -OCH3 is 3. The molecule has 1 atom stereocenters. The van der Waals surface area contributed by atoms with Crippen molar-refractivity contribution >= 4 is 35.1 Å². The van der Waals surface area contributed by atoms with Gasteiger partial charge in [0.2, 0.25) is 0 Å². The number of hydrazone groups is 1. The van der Waals surface area contributed by atoms with Gasteiger partial charge in [-0.1, -0.05) is 36.0 Å². The highest BCUT2D eigenvalue weighted by Crippen LogP contribution is 2.38. The molecular formula is C32H30N4O5S2. The number of ether oxygens (including phenoxy) is 3. The monoisotopic (exact) mass is 614 g/mol. The molecule has 3 aromatic carbocycles. The van der Waals surface area contributed by atoms with Gasteiger partial charge in [0.15, 0.2) is 16.7 Å². The smallest absolute Gasteiger partial charge is 0.272 e. The topological polar surface area (TPSA) is 95.2 Å². The zero-order valence-corrected chi connectivity index (χ0v) is 25.6. The average Bonchev–Trinajstić information content (AvgIpc) is 3.72. The second kappa shape index (κ2) is 12.6. The van der Waals surface area contributed by atoms with Crippen LogP contribution in [0.5, 0.6) is 17.2 Å². The minimum atomic E-state index is -0.356. The van der Waals surface area contributed by atoms with Gasteiger partial charge in [0.1, 0.15) is 5.75 Å². The van der Waals surface area contributed by atoms with E-state index in [1.807, 2.05) is 72.8 Å². The van der Waals surface area contributed by atoms with Crippen LogP contribution in [-0.2, 0) is 11.2 Å². The normalized spacial score (nSPS) is 15.7. The molecule has 2 aliphatic heterocycles. The van der Waals surface area contributed by atoms with Crippen molar-refractivity contribution in [1.29, 1.82) is 0 Å². The van der Waals surface area contributed by atoms with E-state index in [1.165, 1.54) is 23.5 Å². The van der Waals surface area contributed by atoms with Crippen molar-refractivity contribution in [2.45, 2.75) is 28.9 Å². The lowest BCUT2D eigenvalue weighted by Crippen LogP contribution is -2.29. The van der Waals surface area contributed by atoms with Crippen LogP contribution in [0.4, 0.5) is 0 Å². The maximum Gasteiger partial charge on any atom is 0.272 e. The summed E-state index contributed by atoms with van der Waals surface area (Å²) in [6, 6.07) is 22.4. The van der Waals surface area contributed by atoms with E-state index in [0.29, 0.717) is 28.0 Å². The number of fused-ring (bicyclic) bond motifs is 1. The van der Waals surface area contributed by atoms with Gasteiger partial charge in [0.25, 0.3) is 11.5 Å². The van der Waals surface area contributed by atoms with E-state index in [9.17, 15) is 9.59 Å². The molecule has 1 unspecified atom stereocenters. The molecule has 0 aliphatic carbocycles. The first-order valence-corrected chi connectivity index (χ1v) is 15.7. The molecule has 1 amide bonds. The summed E-state index contributed by atoms with van der Waals surface area (Å²) in [5.41, 5.74) is 3.98. The number of para-hydroxylation sites is 1. The number of nitrogens with zero attached hydrogens (tertiary/aromatic N) is 4. The molecule has 11 heteroatoms. The molecule has 0 saturated heterocycles. The highest BCUT2D eigenvalue weighted by atomic mass is 32.2. The van der Waals surface area contributed by atoms with E-state index < -0.39 is 0 Å². The second-order valence-corrected chi connectivity index (χ2v) is 11.9. The summed E-state index contributed by atoms with van der Waals surface area (Å²) in [4.78, 5) is 33.0. The molecule has 9 nitrogen and oxygen atoms in total. The number of aromatic nitrogens is 2. The van der Waals surface area contributed by atoms with E-state index in [-0.39, 0.29) is 23.3 Å². The summed E-state index contributed by atoms with van der Waals surface area (Å²) in [5.74, 6) is 2.60. The molecule has 6 rings (SSSR count). The van der Waals surface area contributed by atoms with Crippen LogP contribution in [0.25, 0.3) is 5.69 Å². The van der Waals surface area contributed by atoms with Crippen LogP contribution < -0.4 is 19.8 Å². The Kier molecular flexibility index (Phi) is 8.44. The van der Waals surface area contributed by atoms with Gasteiger partial charge in [-0.15, -0.1) is 11.8 Å². The third kappa shape index (κ3) is 5.74. The highest BCUT2D eigenvalue weighted by Gasteiger charge is 2.34. The van der Waals surface area contributed by atoms with Crippen LogP contribution in [0.1, 0.15) is 29.3 Å². The SMILES string of the molecule is COc1ccc(C2=NN(C(=O)CSc3nc4c(c(=O)n3-c3ccccc3)SCC4)C(c3ccc(OC)c(OC)c3)C2)cc1. The standard InChI is InChI=1S/C32H30N4O5S2/c1-39-23-12-9-20(10-13-23)25-18-26(21-11-14-27(40-2)28(17-21)41-3)36(34-25)29(37)19-43-32-33-24-15-16-42-30(24)31(38)35(32)22-7-5-4-6-8-22/h4-14,17,26H,15-16,18-19H2,1-3H3. The number of hydrogen-bond acceptors (Lipinski definition) is 9. The Morgan fingerprint density at radius 2 is 1.74 bits per heavy atom. The summed E-state index contributed by atoms with van der Waals surface area (Å²) in [6.07, 6.45) is 1.25. The maximum absolute atomic E-state index is 13.9. The summed E-state index contributed by atoms with van der Waals surface area (Å²) < 4.78 is 17.9. The number of rotatable bonds is 9. The predicted molar refractivity (Wildman–Crippen MR) is 168 cm³/mol. The Hall–Kier alpha value is -4.22. The Bertz CT molecular complexity index is 1740. The number of thioether (sulfide) groups is 2. The van der Waals surface area contributed by atoms with E-state index in [0.717, 1.165) is 46.1 Å². The summed E-state index contributed by atoms with van der Waals surface area (Å²) in [7, 11) is 4.80. The van der Waals surface area contributed by atoms with Crippen LogP contribution >= 0.6 is 23.5 Å². The van der Waals surface area contributed by atoms with Crippen LogP contribution in [0.3, 0.4) is 0 Å². The Morgan fingerprint density at radius 3 is 2.47 bits per heavy atom. The van der Waals surface area contributed by atoms with Crippen LogP contribution in [0, 0.1) is 0 Å². The number of carbonyl (C=O) groups is 1. The zero-order chi connectivity index (χ0) is 29.9. The predicted octanol–water partition coefficient (Wildman–Crippen LogP) is 5.38. The average molecular weight is 615 g/mol. The molecule has 0 spiro atoms. The third-order valence-corrected chi connectivity index (χ3v) is 9.42. The van der Waals surface area contributed by atoms with Crippen molar-refractivity contribution in [1.82, 2.24) is 14.6 Å². The molecule has 0 fully saturated rings. The highest BCUT2D eigenvalue weighted by molar-refractivity contribution is 8.00. The van der Waals surface area contributed by atoms with Crippen molar-refractivity contribution in [3.05, 3.63) is 100.0 Å². The molecule has 43 heavy (non-hydrogen) atoms. The van der Waals surface area contributed by atoms with Gasteiger partial charge in [-0.2, -0.15) is 5.10 Å². The number of hydrogen-bond donors (Lipinski definition) is 0. The molecule has 0 radical (unpaired) electrons. The Labute approximate surface area is 257 Å². The van der Waals surface area contributed by atoms with Gasteiger partial charge in [-0.3, -0.25) is 14.2 Å². The van der Waals surface area contributed by atoms with Gasteiger partial charge in [0.05, 0.1) is 55.1 Å². The number of benzene rings is 3. The molecule has 0 bridgehead atoms. The zero-order valence-electron chi connectivity index (χ0n) is 24.0. The number of aryl methyl sites for hydroxylation is 1. The Morgan fingerprint density at radius 1 is 0.977 bits per heavy atom. The first kappa shape index (κ1) is 28.9. The third-order valence-electron chi connectivity index (χ3n) is 7.39. The lowest BCUT2D eigenvalue weighted by atomic mass is 9.98. The quantitative estimate of drug-likeness (QED) is 0.183. The van der Waals surface area contributed by atoms with Crippen molar-refractivity contribution in [3.63, 3.8) is 0 Å². The van der Waals surface area contributed by atoms with Crippen LogP contribution in [0.2, 0.25) is 0 Å². The van der Waals surface area contributed by atoms with E-state index in [1.54, 1.807) is 30.9 Å².